The summed E-state index contributed by atoms with van der Waals surface area (Å²) in [5.74, 6) is 0.819. The molecule has 4 heteroatoms. The van der Waals surface area contributed by atoms with Crippen molar-refractivity contribution in [3.8, 4) is 0 Å². The van der Waals surface area contributed by atoms with Gasteiger partial charge in [-0.2, -0.15) is 0 Å². The predicted octanol–water partition coefficient (Wildman–Crippen LogP) is 3.17. The molecule has 3 N–H and O–H groups in total. The highest BCUT2D eigenvalue weighted by atomic mass is 79.9. The molecule has 0 radical (unpaired) electrons. The van der Waals surface area contributed by atoms with Crippen LogP contribution in [-0.2, 0) is 0 Å². The van der Waals surface area contributed by atoms with E-state index in [4.69, 9.17) is 5.73 Å². The minimum Gasteiger partial charge on any atom is -0.396 e. The molecule has 1 saturated carbocycles. The second-order valence-corrected chi connectivity index (χ2v) is 5.12. The normalized spacial score (nSPS) is 18.3. The van der Waals surface area contributed by atoms with Crippen molar-refractivity contribution < 1.29 is 0 Å². The first-order valence-electron chi connectivity index (χ1n) is 5.34. The molecular formula is C11H16BrN3. The number of nitrogen functional groups attached to an aromatic ring is 1. The van der Waals surface area contributed by atoms with Crippen LogP contribution < -0.4 is 11.1 Å². The van der Waals surface area contributed by atoms with Gasteiger partial charge in [0.05, 0.1) is 5.69 Å². The molecule has 1 aliphatic carbocycles. The van der Waals surface area contributed by atoms with Gasteiger partial charge >= 0.3 is 0 Å². The second kappa shape index (κ2) is 4.00. The highest BCUT2D eigenvalue weighted by Crippen LogP contribution is 2.38. The van der Waals surface area contributed by atoms with E-state index in [0.717, 1.165) is 16.7 Å². The van der Waals surface area contributed by atoms with Gasteiger partial charge in [-0.05, 0) is 47.7 Å². The van der Waals surface area contributed by atoms with Gasteiger partial charge in [0.15, 0.2) is 0 Å². The van der Waals surface area contributed by atoms with Crippen molar-refractivity contribution in [1.82, 2.24) is 4.98 Å². The average Bonchev–Trinajstić information content (AvgIpc) is 2.14. The fraction of sp³-hybridized carbons (Fsp3) is 0.545. The topological polar surface area (TPSA) is 50.9 Å². The summed E-state index contributed by atoms with van der Waals surface area (Å²) in [6.45, 7) is 2.21. The van der Waals surface area contributed by atoms with Gasteiger partial charge in [-0.3, -0.25) is 0 Å². The van der Waals surface area contributed by atoms with Crippen LogP contribution in [0.3, 0.4) is 0 Å². The number of hydrogen-bond acceptors (Lipinski definition) is 3. The summed E-state index contributed by atoms with van der Waals surface area (Å²) in [5.41, 5.74) is 6.86. The van der Waals surface area contributed by atoms with E-state index in [2.05, 4.69) is 33.2 Å². The Labute approximate surface area is 98.6 Å². The number of pyridine rings is 1. The number of anilines is 2. The van der Waals surface area contributed by atoms with Crippen molar-refractivity contribution in [3.63, 3.8) is 0 Å². The van der Waals surface area contributed by atoms with Gasteiger partial charge in [0, 0.05) is 16.2 Å². The quantitative estimate of drug-likeness (QED) is 0.886. The van der Waals surface area contributed by atoms with Gasteiger partial charge in [-0.1, -0.05) is 6.92 Å². The minimum atomic E-state index is 0.245. The van der Waals surface area contributed by atoms with E-state index in [-0.39, 0.29) is 5.54 Å². The van der Waals surface area contributed by atoms with Gasteiger partial charge in [-0.15, -0.1) is 0 Å². The van der Waals surface area contributed by atoms with Crippen LogP contribution in [0.2, 0.25) is 0 Å². The molecule has 0 spiro atoms. The Balaban J connectivity index is 2.16. The third-order valence-electron chi connectivity index (χ3n) is 3.25. The molecule has 3 nitrogen and oxygen atoms in total. The molecule has 82 valence electrons. The van der Waals surface area contributed by atoms with Crippen LogP contribution in [0.5, 0.6) is 0 Å². The zero-order chi connectivity index (χ0) is 10.9. The van der Waals surface area contributed by atoms with Gasteiger partial charge < -0.3 is 11.1 Å². The zero-order valence-corrected chi connectivity index (χ0v) is 10.5. The molecule has 0 aromatic carbocycles. The largest absolute Gasteiger partial charge is 0.396 e. The fourth-order valence-corrected chi connectivity index (χ4v) is 2.33. The Bertz CT molecular complexity index is 355. The lowest BCUT2D eigenvalue weighted by Gasteiger charge is -2.42. The lowest BCUT2D eigenvalue weighted by molar-refractivity contribution is 0.269. The van der Waals surface area contributed by atoms with Crippen LogP contribution in [0.25, 0.3) is 0 Å². The molecule has 2 rings (SSSR count). The summed E-state index contributed by atoms with van der Waals surface area (Å²) >= 11 is 3.35. The fourth-order valence-electron chi connectivity index (χ4n) is 1.98. The number of nitrogens with one attached hydrogen (secondary N) is 1. The summed E-state index contributed by atoms with van der Waals surface area (Å²) in [4.78, 5) is 4.31. The van der Waals surface area contributed by atoms with E-state index in [0.29, 0.717) is 5.69 Å². The standard InChI is InChI=1S/C11H16BrN3/c1-2-11(4-3-5-11)15-10-9(13)6-8(12)7-14-10/h6-7H,2-5,13H2,1H3,(H,14,15). The number of rotatable bonds is 3. The van der Waals surface area contributed by atoms with Crippen molar-refractivity contribution in [2.45, 2.75) is 38.1 Å². The molecule has 1 aromatic heterocycles. The Hall–Kier alpha value is -0.770. The van der Waals surface area contributed by atoms with Crippen molar-refractivity contribution >= 4 is 27.4 Å². The second-order valence-electron chi connectivity index (χ2n) is 4.20. The van der Waals surface area contributed by atoms with Crippen LogP contribution in [0, 0.1) is 0 Å². The van der Waals surface area contributed by atoms with Crippen LogP contribution in [0.4, 0.5) is 11.5 Å². The molecule has 0 amide bonds. The Morgan fingerprint density at radius 3 is 2.80 bits per heavy atom. The van der Waals surface area contributed by atoms with Crippen molar-refractivity contribution in [2.75, 3.05) is 11.1 Å². The van der Waals surface area contributed by atoms with Crippen LogP contribution >= 0.6 is 15.9 Å². The highest BCUT2D eigenvalue weighted by molar-refractivity contribution is 9.10. The molecule has 0 saturated heterocycles. The summed E-state index contributed by atoms with van der Waals surface area (Å²) in [6, 6.07) is 1.89. The summed E-state index contributed by atoms with van der Waals surface area (Å²) in [5, 5.41) is 3.48. The summed E-state index contributed by atoms with van der Waals surface area (Å²) in [7, 11) is 0. The van der Waals surface area contributed by atoms with E-state index in [1.165, 1.54) is 19.3 Å². The highest BCUT2D eigenvalue weighted by Gasteiger charge is 2.35. The number of aromatic nitrogens is 1. The first-order chi connectivity index (χ1) is 7.15. The number of hydrogen-bond donors (Lipinski definition) is 2. The molecule has 0 aliphatic heterocycles. The third-order valence-corrected chi connectivity index (χ3v) is 3.69. The number of halogens is 1. The smallest absolute Gasteiger partial charge is 0.149 e. The molecule has 1 fully saturated rings. The van der Waals surface area contributed by atoms with Crippen molar-refractivity contribution in [1.29, 1.82) is 0 Å². The van der Waals surface area contributed by atoms with E-state index in [1.807, 2.05) is 6.07 Å². The van der Waals surface area contributed by atoms with Gasteiger partial charge in [0.2, 0.25) is 0 Å². The van der Waals surface area contributed by atoms with Crippen molar-refractivity contribution in [2.24, 2.45) is 0 Å². The predicted molar refractivity (Wildman–Crippen MR) is 66.8 cm³/mol. The maximum absolute atomic E-state index is 5.91. The molecule has 1 heterocycles. The molecule has 1 aliphatic rings. The number of nitrogens with two attached hydrogens (primary N) is 1. The third kappa shape index (κ3) is 2.09. The van der Waals surface area contributed by atoms with E-state index in [9.17, 15) is 0 Å². The monoisotopic (exact) mass is 269 g/mol. The Morgan fingerprint density at radius 2 is 2.33 bits per heavy atom. The van der Waals surface area contributed by atoms with Crippen molar-refractivity contribution in [3.05, 3.63) is 16.7 Å². The van der Waals surface area contributed by atoms with Crippen LogP contribution in [-0.4, -0.2) is 10.5 Å². The SMILES string of the molecule is CCC1(Nc2ncc(Br)cc2N)CCC1. The van der Waals surface area contributed by atoms with E-state index < -0.39 is 0 Å². The maximum atomic E-state index is 5.91. The molecule has 0 bridgehead atoms. The lowest BCUT2D eigenvalue weighted by Crippen LogP contribution is -2.44. The average molecular weight is 270 g/mol. The molecule has 0 atom stereocenters. The molecule has 1 aromatic rings. The maximum Gasteiger partial charge on any atom is 0.149 e. The lowest BCUT2D eigenvalue weighted by atomic mass is 9.75. The van der Waals surface area contributed by atoms with E-state index >= 15 is 0 Å². The van der Waals surface area contributed by atoms with E-state index in [1.54, 1.807) is 6.20 Å². The summed E-state index contributed by atoms with van der Waals surface area (Å²) in [6.07, 6.45) is 6.66. The first-order valence-corrected chi connectivity index (χ1v) is 6.14. The summed E-state index contributed by atoms with van der Waals surface area (Å²) < 4.78 is 0.921. The van der Waals surface area contributed by atoms with Gasteiger partial charge in [-0.25, -0.2) is 4.98 Å². The Morgan fingerprint density at radius 1 is 1.60 bits per heavy atom. The van der Waals surface area contributed by atoms with Gasteiger partial charge in [0.1, 0.15) is 5.82 Å². The molecule has 15 heavy (non-hydrogen) atoms. The first kappa shape index (κ1) is 10.7. The van der Waals surface area contributed by atoms with Crippen LogP contribution in [0.15, 0.2) is 16.7 Å². The molecular weight excluding hydrogens is 254 g/mol. The van der Waals surface area contributed by atoms with Crippen LogP contribution in [0.1, 0.15) is 32.6 Å². The van der Waals surface area contributed by atoms with Gasteiger partial charge in [0.25, 0.3) is 0 Å². The minimum absolute atomic E-state index is 0.245. The molecule has 0 unspecified atom stereocenters. The zero-order valence-electron chi connectivity index (χ0n) is 8.89. The Kier molecular flexibility index (Phi) is 2.87. The number of nitrogens with zero attached hydrogens (tertiary/aromatic N) is 1.